The molecule has 0 unspecified atom stereocenters. The molecule has 0 aliphatic carbocycles. The standard InChI is InChI=1S/C21H21N3O5/c1-13-5-4-6-15(9-13)22-19(25)12-24-20(26)16(23-21(24)27)10-14-7-8-17(28-2)18(11-14)29-3/h4-11H,12H2,1-3H3,(H,22,25)(H,23,27)/b16-10+. The number of benzene rings is 2. The molecule has 4 amide bonds. The van der Waals surface area contributed by atoms with Crippen LogP contribution >= 0.6 is 0 Å². The molecule has 0 aromatic heterocycles. The molecule has 2 N–H and O–H groups in total. The summed E-state index contributed by atoms with van der Waals surface area (Å²) in [5.74, 6) is -0.00506. The third-order valence-electron chi connectivity index (χ3n) is 4.28. The van der Waals surface area contributed by atoms with Gasteiger partial charge in [-0.2, -0.15) is 0 Å². The minimum absolute atomic E-state index is 0.0746. The minimum atomic E-state index is -0.652. The lowest BCUT2D eigenvalue weighted by atomic mass is 10.1. The van der Waals surface area contributed by atoms with E-state index in [4.69, 9.17) is 9.47 Å². The van der Waals surface area contributed by atoms with E-state index in [1.165, 1.54) is 20.3 Å². The van der Waals surface area contributed by atoms with Gasteiger partial charge in [0.2, 0.25) is 5.91 Å². The van der Waals surface area contributed by atoms with Crippen molar-refractivity contribution in [3.05, 3.63) is 59.3 Å². The maximum Gasteiger partial charge on any atom is 0.329 e. The van der Waals surface area contributed by atoms with Crippen LogP contribution in [0.2, 0.25) is 0 Å². The van der Waals surface area contributed by atoms with Crippen LogP contribution < -0.4 is 20.1 Å². The predicted molar refractivity (Wildman–Crippen MR) is 108 cm³/mol. The highest BCUT2D eigenvalue weighted by Gasteiger charge is 2.34. The van der Waals surface area contributed by atoms with Gasteiger partial charge in [-0.3, -0.25) is 9.59 Å². The van der Waals surface area contributed by atoms with E-state index in [2.05, 4.69) is 10.6 Å². The van der Waals surface area contributed by atoms with Gasteiger partial charge in [-0.25, -0.2) is 9.69 Å². The predicted octanol–water partition coefficient (Wildman–Crippen LogP) is 2.54. The summed E-state index contributed by atoms with van der Waals surface area (Å²) in [6.07, 6.45) is 1.51. The second-order valence-corrected chi connectivity index (χ2v) is 6.41. The van der Waals surface area contributed by atoms with Gasteiger partial charge in [0, 0.05) is 5.69 Å². The molecule has 0 radical (unpaired) electrons. The van der Waals surface area contributed by atoms with Crippen molar-refractivity contribution in [2.45, 2.75) is 6.92 Å². The number of anilines is 1. The Hall–Kier alpha value is -3.81. The number of carbonyl (C=O) groups excluding carboxylic acids is 3. The number of rotatable bonds is 6. The highest BCUT2D eigenvalue weighted by molar-refractivity contribution is 6.15. The molecule has 0 saturated carbocycles. The van der Waals surface area contributed by atoms with E-state index in [1.807, 2.05) is 19.1 Å². The summed E-state index contributed by atoms with van der Waals surface area (Å²) in [5, 5.41) is 5.17. The van der Waals surface area contributed by atoms with Crippen LogP contribution in [-0.4, -0.2) is 43.5 Å². The molecular formula is C21H21N3O5. The first-order valence-electron chi connectivity index (χ1n) is 8.84. The third-order valence-corrected chi connectivity index (χ3v) is 4.28. The van der Waals surface area contributed by atoms with Crippen LogP contribution in [0.4, 0.5) is 10.5 Å². The van der Waals surface area contributed by atoms with E-state index in [-0.39, 0.29) is 12.2 Å². The summed E-state index contributed by atoms with van der Waals surface area (Å²) in [5.41, 5.74) is 2.30. The molecule has 0 spiro atoms. The van der Waals surface area contributed by atoms with E-state index in [1.54, 1.807) is 30.3 Å². The number of amides is 4. The largest absolute Gasteiger partial charge is 0.493 e. The van der Waals surface area contributed by atoms with Crippen LogP contribution in [0.25, 0.3) is 6.08 Å². The second kappa shape index (κ2) is 8.47. The van der Waals surface area contributed by atoms with Crippen molar-refractivity contribution in [1.29, 1.82) is 0 Å². The van der Waals surface area contributed by atoms with Gasteiger partial charge in [-0.15, -0.1) is 0 Å². The van der Waals surface area contributed by atoms with Crippen molar-refractivity contribution in [2.75, 3.05) is 26.1 Å². The Balaban J connectivity index is 1.72. The van der Waals surface area contributed by atoms with Crippen molar-refractivity contribution >= 4 is 29.6 Å². The summed E-state index contributed by atoms with van der Waals surface area (Å²) in [6, 6.07) is 11.7. The number of urea groups is 1. The maximum atomic E-state index is 12.6. The molecule has 150 valence electrons. The Morgan fingerprint density at radius 1 is 1.10 bits per heavy atom. The topological polar surface area (TPSA) is 97.0 Å². The Morgan fingerprint density at radius 3 is 2.55 bits per heavy atom. The van der Waals surface area contributed by atoms with Gasteiger partial charge in [-0.1, -0.05) is 18.2 Å². The molecule has 8 nitrogen and oxygen atoms in total. The Morgan fingerprint density at radius 2 is 1.86 bits per heavy atom. The maximum absolute atomic E-state index is 12.6. The van der Waals surface area contributed by atoms with E-state index >= 15 is 0 Å². The summed E-state index contributed by atoms with van der Waals surface area (Å²) in [7, 11) is 3.03. The molecule has 8 heteroatoms. The summed E-state index contributed by atoms with van der Waals surface area (Å²) >= 11 is 0. The highest BCUT2D eigenvalue weighted by Crippen LogP contribution is 2.28. The zero-order valence-corrected chi connectivity index (χ0v) is 16.3. The summed E-state index contributed by atoms with van der Waals surface area (Å²) in [4.78, 5) is 37.9. The molecule has 1 aliphatic heterocycles. The first-order chi connectivity index (χ1) is 13.9. The number of methoxy groups -OCH3 is 2. The van der Waals surface area contributed by atoms with Gasteiger partial charge in [0.05, 0.1) is 14.2 Å². The number of hydrogen-bond donors (Lipinski definition) is 2. The number of hydrogen-bond acceptors (Lipinski definition) is 5. The van der Waals surface area contributed by atoms with E-state index in [0.29, 0.717) is 22.7 Å². The summed E-state index contributed by atoms with van der Waals surface area (Å²) < 4.78 is 10.4. The lowest BCUT2D eigenvalue weighted by Gasteiger charge is -2.12. The van der Waals surface area contributed by atoms with Crippen LogP contribution in [-0.2, 0) is 9.59 Å². The highest BCUT2D eigenvalue weighted by atomic mass is 16.5. The van der Waals surface area contributed by atoms with Crippen molar-refractivity contribution < 1.29 is 23.9 Å². The van der Waals surface area contributed by atoms with Crippen molar-refractivity contribution in [3.8, 4) is 11.5 Å². The fourth-order valence-corrected chi connectivity index (χ4v) is 2.89. The molecule has 1 heterocycles. The molecule has 2 aromatic carbocycles. The molecular weight excluding hydrogens is 374 g/mol. The first kappa shape index (κ1) is 19.9. The summed E-state index contributed by atoms with van der Waals surface area (Å²) in [6.45, 7) is 1.51. The van der Waals surface area contributed by atoms with Crippen LogP contribution in [0, 0.1) is 6.92 Å². The number of imide groups is 1. The monoisotopic (exact) mass is 395 g/mol. The van der Waals surface area contributed by atoms with Crippen LogP contribution in [0.5, 0.6) is 11.5 Å². The number of aryl methyl sites for hydroxylation is 1. The Labute approximate surface area is 168 Å². The van der Waals surface area contributed by atoms with Crippen molar-refractivity contribution in [1.82, 2.24) is 10.2 Å². The van der Waals surface area contributed by atoms with Gasteiger partial charge in [0.15, 0.2) is 11.5 Å². The van der Waals surface area contributed by atoms with Gasteiger partial charge in [-0.05, 0) is 48.4 Å². The fraction of sp³-hybridized carbons (Fsp3) is 0.190. The lowest BCUT2D eigenvalue weighted by Crippen LogP contribution is -2.38. The molecule has 3 rings (SSSR count). The average molecular weight is 395 g/mol. The van der Waals surface area contributed by atoms with Crippen LogP contribution in [0.3, 0.4) is 0 Å². The fourth-order valence-electron chi connectivity index (χ4n) is 2.89. The second-order valence-electron chi connectivity index (χ2n) is 6.41. The molecule has 2 aromatic rings. The number of carbonyl (C=O) groups is 3. The van der Waals surface area contributed by atoms with E-state index < -0.39 is 17.8 Å². The normalized spacial score (nSPS) is 14.7. The van der Waals surface area contributed by atoms with Gasteiger partial charge in [0.25, 0.3) is 5.91 Å². The minimum Gasteiger partial charge on any atom is -0.493 e. The average Bonchev–Trinajstić information content (AvgIpc) is 2.95. The quantitative estimate of drug-likeness (QED) is 0.579. The Bertz CT molecular complexity index is 1000. The van der Waals surface area contributed by atoms with Crippen molar-refractivity contribution in [2.24, 2.45) is 0 Å². The van der Waals surface area contributed by atoms with Gasteiger partial charge in [0.1, 0.15) is 12.2 Å². The zero-order chi connectivity index (χ0) is 21.0. The first-order valence-corrected chi connectivity index (χ1v) is 8.84. The van der Waals surface area contributed by atoms with Gasteiger partial charge >= 0.3 is 6.03 Å². The Kier molecular flexibility index (Phi) is 5.82. The number of ether oxygens (including phenoxy) is 2. The van der Waals surface area contributed by atoms with Gasteiger partial charge < -0.3 is 20.1 Å². The zero-order valence-electron chi connectivity index (χ0n) is 16.3. The molecule has 1 aliphatic rings. The van der Waals surface area contributed by atoms with E-state index in [9.17, 15) is 14.4 Å². The number of nitrogens with one attached hydrogen (secondary N) is 2. The van der Waals surface area contributed by atoms with Crippen LogP contribution in [0.1, 0.15) is 11.1 Å². The van der Waals surface area contributed by atoms with Crippen LogP contribution in [0.15, 0.2) is 48.2 Å². The SMILES string of the molecule is COc1ccc(/C=C2/NC(=O)N(CC(=O)Nc3cccc(C)c3)C2=O)cc1OC. The molecule has 0 atom stereocenters. The smallest absolute Gasteiger partial charge is 0.329 e. The molecule has 29 heavy (non-hydrogen) atoms. The van der Waals surface area contributed by atoms with Crippen molar-refractivity contribution in [3.63, 3.8) is 0 Å². The molecule has 0 bridgehead atoms. The number of nitrogens with zero attached hydrogens (tertiary/aromatic N) is 1. The molecule has 1 saturated heterocycles. The van der Waals surface area contributed by atoms with E-state index in [0.717, 1.165) is 10.5 Å². The lowest BCUT2D eigenvalue weighted by molar-refractivity contribution is -0.127. The third kappa shape index (κ3) is 4.55. The molecule has 1 fully saturated rings.